The molecule has 4 rings (SSSR count). The van der Waals surface area contributed by atoms with Crippen molar-refractivity contribution in [2.45, 2.75) is 31.2 Å². The van der Waals surface area contributed by atoms with Gasteiger partial charge in [0.05, 0.1) is 17.6 Å². The van der Waals surface area contributed by atoms with Gasteiger partial charge in [-0.1, -0.05) is 48.9 Å². The molecule has 0 atom stereocenters. The Labute approximate surface area is 160 Å². The number of benzene rings is 2. The van der Waals surface area contributed by atoms with E-state index in [0.29, 0.717) is 6.54 Å². The van der Waals surface area contributed by atoms with Crippen molar-refractivity contribution < 1.29 is 0 Å². The molecule has 0 aliphatic heterocycles. The SMILES string of the molecule is CN=C(NCc1nc2ccccc2n1C)NCC1(c2ccccc2)CCC1. The van der Waals surface area contributed by atoms with E-state index >= 15 is 0 Å². The molecule has 0 saturated heterocycles. The van der Waals surface area contributed by atoms with Gasteiger partial charge in [-0.15, -0.1) is 0 Å². The van der Waals surface area contributed by atoms with E-state index in [1.54, 1.807) is 0 Å². The number of fused-ring (bicyclic) bond motifs is 1. The summed E-state index contributed by atoms with van der Waals surface area (Å²) in [6.45, 7) is 1.54. The van der Waals surface area contributed by atoms with Gasteiger partial charge in [0.2, 0.25) is 0 Å². The lowest BCUT2D eigenvalue weighted by Crippen LogP contribution is -2.48. The van der Waals surface area contributed by atoms with Crippen LogP contribution < -0.4 is 10.6 Å². The van der Waals surface area contributed by atoms with Crippen LogP contribution >= 0.6 is 0 Å². The van der Waals surface area contributed by atoms with Gasteiger partial charge in [0, 0.05) is 26.1 Å². The van der Waals surface area contributed by atoms with Crippen LogP contribution in [0.25, 0.3) is 11.0 Å². The van der Waals surface area contributed by atoms with Crippen LogP contribution in [0.4, 0.5) is 0 Å². The van der Waals surface area contributed by atoms with Crippen LogP contribution in [0.2, 0.25) is 0 Å². The highest BCUT2D eigenvalue weighted by Gasteiger charge is 2.38. The molecule has 1 fully saturated rings. The number of imidazole rings is 1. The summed E-state index contributed by atoms with van der Waals surface area (Å²) < 4.78 is 2.13. The number of hydrogen-bond acceptors (Lipinski definition) is 2. The first kappa shape index (κ1) is 17.6. The molecule has 1 heterocycles. The van der Waals surface area contributed by atoms with Crippen molar-refractivity contribution in [1.82, 2.24) is 20.2 Å². The first-order valence-electron chi connectivity index (χ1n) is 9.62. The molecule has 1 aliphatic carbocycles. The predicted octanol–water partition coefficient (Wildman–Crippen LogP) is 3.36. The maximum Gasteiger partial charge on any atom is 0.191 e. The molecular formula is C22H27N5. The first-order valence-corrected chi connectivity index (χ1v) is 9.62. The van der Waals surface area contributed by atoms with Crippen molar-refractivity contribution in [3.63, 3.8) is 0 Å². The number of nitrogens with one attached hydrogen (secondary N) is 2. The summed E-state index contributed by atoms with van der Waals surface area (Å²) >= 11 is 0. The van der Waals surface area contributed by atoms with E-state index in [1.807, 2.05) is 25.2 Å². The third-order valence-corrected chi connectivity index (χ3v) is 5.81. The summed E-state index contributed by atoms with van der Waals surface area (Å²) in [7, 11) is 3.88. The van der Waals surface area contributed by atoms with E-state index in [0.717, 1.165) is 29.4 Å². The van der Waals surface area contributed by atoms with Crippen molar-refractivity contribution in [2.75, 3.05) is 13.6 Å². The average molecular weight is 361 g/mol. The number of nitrogens with zero attached hydrogens (tertiary/aromatic N) is 3. The Hall–Kier alpha value is -2.82. The molecule has 27 heavy (non-hydrogen) atoms. The lowest BCUT2D eigenvalue weighted by Gasteiger charge is -2.43. The van der Waals surface area contributed by atoms with Crippen molar-refractivity contribution in [2.24, 2.45) is 12.0 Å². The fraction of sp³-hybridized carbons (Fsp3) is 0.364. The molecule has 2 aromatic carbocycles. The number of hydrogen-bond donors (Lipinski definition) is 2. The van der Waals surface area contributed by atoms with Gasteiger partial charge < -0.3 is 15.2 Å². The number of para-hydroxylation sites is 2. The van der Waals surface area contributed by atoms with Crippen LogP contribution in [0.15, 0.2) is 59.6 Å². The number of aryl methyl sites for hydroxylation is 1. The third kappa shape index (κ3) is 3.42. The highest BCUT2D eigenvalue weighted by Crippen LogP contribution is 2.43. The standard InChI is InChI=1S/C22H27N5/c1-23-21(24-15-20-26-18-11-6-7-12-19(18)27(20)2)25-16-22(13-8-14-22)17-9-4-3-5-10-17/h3-7,9-12H,8,13-16H2,1-2H3,(H2,23,24,25). The molecule has 2 N–H and O–H groups in total. The quantitative estimate of drug-likeness (QED) is 0.541. The Bertz CT molecular complexity index is 938. The molecular weight excluding hydrogens is 334 g/mol. The number of guanidine groups is 1. The second-order valence-corrected chi connectivity index (χ2v) is 7.35. The monoisotopic (exact) mass is 361 g/mol. The number of aliphatic imine (C=N–C) groups is 1. The molecule has 1 aliphatic rings. The zero-order valence-electron chi connectivity index (χ0n) is 16.1. The Morgan fingerprint density at radius 3 is 2.48 bits per heavy atom. The van der Waals surface area contributed by atoms with Crippen molar-refractivity contribution in [3.8, 4) is 0 Å². The number of rotatable bonds is 5. The lowest BCUT2D eigenvalue weighted by atomic mass is 9.64. The van der Waals surface area contributed by atoms with Crippen LogP contribution in [-0.2, 0) is 19.0 Å². The Morgan fingerprint density at radius 2 is 1.81 bits per heavy atom. The number of aromatic nitrogens is 2. The van der Waals surface area contributed by atoms with Crippen LogP contribution in [0.1, 0.15) is 30.7 Å². The summed E-state index contributed by atoms with van der Waals surface area (Å²) in [6.07, 6.45) is 3.75. The van der Waals surface area contributed by atoms with Gasteiger partial charge in [-0.25, -0.2) is 4.98 Å². The Kier molecular flexibility index (Phi) is 4.84. The zero-order valence-corrected chi connectivity index (χ0v) is 16.1. The molecule has 5 heteroatoms. The van der Waals surface area contributed by atoms with Crippen LogP contribution in [0, 0.1) is 0 Å². The maximum absolute atomic E-state index is 4.72. The van der Waals surface area contributed by atoms with Gasteiger partial charge in [-0.3, -0.25) is 4.99 Å². The second-order valence-electron chi connectivity index (χ2n) is 7.35. The van der Waals surface area contributed by atoms with Crippen molar-refractivity contribution in [1.29, 1.82) is 0 Å². The van der Waals surface area contributed by atoms with Crippen molar-refractivity contribution in [3.05, 3.63) is 66.0 Å². The third-order valence-electron chi connectivity index (χ3n) is 5.81. The van der Waals surface area contributed by atoms with Crippen LogP contribution in [0.3, 0.4) is 0 Å². The fourth-order valence-corrected chi connectivity index (χ4v) is 3.95. The summed E-state index contributed by atoms with van der Waals surface area (Å²) in [5, 5.41) is 6.95. The Balaban J connectivity index is 1.40. The largest absolute Gasteiger partial charge is 0.356 e. The smallest absolute Gasteiger partial charge is 0.191 e. The summed E-state index contributed by atoms with van der Waals surface area (Å²) in [4.78, 5) is 9.12. The van der Waals surface area contributed by atoms with E-state index in [9.17, 15) is 0 Å². The van der Waals surface area contributed by atoms with Crippen LogP contribution in [-0.4, -0.2) is 29.1 Å². The topological polar surface area (TPSA) is 54.2 Å². The van der Waals surface area contributed by atoms with E-state index < -0.39 is 0 Å². The molecule has 0 amide bonds. The molecule has 140 valence electrons. The molecule has 5 nitrogen and oxygen atoms in total. The Morgan fingerprint density at radius 1 is 1.07 bits per heavy atom. The first-order chi connectivity index (χ1) is 13.2. The van der Waals surface area contributed by atoms with Crippen molar-refractivity contribution >= 4 is 17.0 Å². The molecule has 0 radical (unpaired) electrons. The molecule has 0 spiro atoms. The molecule has 0 bridgehead atoms. The highest BCUT2D eigenvalue weighted by molar-refractivity contribution is 5.80. The molecule has 0 unspecified atom stereocenters. The van der Waals surface area contributed by atoms with E-state index in [1.165, 1.54) is 24.8 Å². The van der Waals surface area contributed by atoms with E-state index in [-0.39, 0.29) is 5.41 Å². The average Bonchev–Trinajstić information content (AvgIpc) is 3.00. The summed E-state index contributed by atoms with van der Waals surface area (Å²) in [5.74, 6) is 1.82. The maximum atomic E-state index is 4.72. The normalized spacial score (nSPS) is 16.1. The van der Waals surface area contributed by atoms with E-state index in [2.05, 4.69) is 63.6 Å². The van der Waals surface area contributed by atoms with Gasteiger partial charge in [0.1, 0.15) is 5.82 Å². The molecule has 1 saturated carbocycles. The fourth-order valence-electron chi connectivity index (χ4n) is 3.95. The lowest BCUT2D eigenvalue weighted by molar-refractivity contribution is 0.244. The van der Waals surface area contributed by atoms with Gasteiger partial charge >= 0.3 is 0 Å². The second kappa shape index (κ2) is 7.43. The van der Waals surface area contributed by atoms with Gasteiger partial charge in [0.15, 0.2) is 5.96 Å². The zero-order chi connectivity index (χ0) is 18.7. The summed E-state index contributed by atoms with van der Waals surface area (Å²) in [6, 6.07) is 19.1. The molecule has 3 aromatic rings. The minimum atomic E-state index is 0.233. The molecule has 1 aromatic heterocycles. The summed E-state index contributed by atoms with van der Waals surface area (Å²) in [5.41, 5.74) is 3.83. The minimum absolute atomic E-state index is 0.233. The van der Waals surface area contributed by atoms with Crippen LogP contribution in [0.5, 0.6) is 0 Å². The predicted molar refractivity (Wildman–Crippen MR) is 111 cm³/mol. The van der Waals surface area contributed by atoms with Gasteiger partial charge in [-0.2, -0.15) is 0 Å². The van der Waals surface area contributed by atoms with Gasteiger partial charge in [-0.05, 0) is 30.5 Å². The van der Waals surface area contributed by atoms with Gasteiger partial charge in [0.25, 0.3) is 0 Å². The minimum Gasteiger partial charge on any atom is -0.356 e. The highest BCUT2D eigenvalue weighted by atomic mass is 15.2. The van der Waals surface area contributed by atoms with E-state index in [4.69, 9.17) is 4.98 Å².